The van der Waals surface area contributed by atoms with Crippen LogP contribution in [0.4, 0.5) is 19.0 Å². The molecule has 0 amide bonds. The molecule has 186 valence electrons. The first-order valence-electron chi connectivity index (χ1n) is 11.4. The number of alkyl halides is 3. The second kappa shape index (κ2) is 10.3. The number of fused-ring (bicyclic) bond motifs is 1. The van der Waals surface area contributed by atoms with E-state index in [0.717, 1.165) is 35.2 Å². The molecule has 6 nitrogen and oxygen atoms in total. The summed E-state index contributed by atoms with van der Waals surface area (Å²) in [6.45, 7) is 0.861. The SMILES string of the molecule is OC(NCc1ccc(C(F)(F)F)cc1)c1cccnc1NCC1CC=C(c2c[nH]c3ncccc23)S1. The van der Waals surface area contributed by atoms with Crippen molar-refractivity contribution in [1.29, 1.82) is 0 Å². The number of halogens is 3. The highest BCUT2D eigenvalue weighted by molar-refractivity contribution is 8.09. The monoisotopic (exact) mass is 511 g/mol. The quantitative estimate of drug-likeness (QED) is 0.227. The third-order valence-electron chi connectivity index (χ3n) is 5.99. The minimum atomic E-state index is -4.37. The van der Waals surface area contributed by atoms with Gasteiger partial charge in [0.1, 0.15) is 17.7 Å². The van der Waals surface area contributed by atoms with Gasteiger partial charge in [-0.1, -0.05) is 18.2 Å². The topological polar surface area (TPSA) is 85.9 Å². The highest BCUT2D eigenvalue weighted by Gasteiger charge is 2.30. The number of aromatic nitrogens is 3. The first-order chi connectivity index (χ1) is 17.4. The fraction of sp³-hybridized carbons (Fsp3) is 0.231. The van der Waals surface area contributed by atoms with Gasteiger partial charge in [0, 0.05) is 58.3 Å². The number of aliphatic hydroxyl groups is 1. The molecule has 1 aromatic carbocycles. The number of thioether (sulfide) groups is 1. The lowest BCUT2D eigenvalue weighted by atomic mass is 10.1. The van der Waals surface area contributed by atoms with E-state index in [-0.39, 0.29) is 6.54 Å². The molecule has 10 heteroatoms. The number of nitrogens with zero attached hydrogens (tertiary/aromatic N) is 2. The van der Waals surface area contributed by atoms with Crippen LogP contribution in [0.5, 0.6) is 0 Å². The van der Waals surface area contributed by atoms with E-state index in [1.807, 2.05) is 12.3 Å². The number of nitrogens with one attached hydrogen (secondary N) is 3. The molecular weight excluding hydrogens is 487 g/mol. The molecule has 2 unspecified atom stereocenters. The van der Waals surface area contributed by atoms with Crippen molar-refractivity contribution in [3.63, 3.8) is 0 Å². The second-order valence-electron chi connectivity index (χ2n) is 8.45. The zero-order valence-corrected chi connectivity index (χ0v) is 19.9. The van der Waals surface area contributed by atoms with Gasteiger partial charge in [0.2, 0.25) is 0 Å². The van der Waals surface area contributed by atoms with Crippen LogP contribution in [-0.4, -0.2) is 31.9 Å². The van der Waals surface area contributed by atoms with Crippen molar-refractivity contribution in [2.24, 2.45) is 0 Å². The van der Waals surface area contributed by atoms with E-state index in [0.29, 0.717) is 28.7 Å². The van der Waals surface area contributed by atoms with Crippen LogP contribution in [-0.2, 0) is 12.7 Å². The number of aromatic amines is 1. The zero-order valence-electron chi connectivity index (χ0n) is 19.1. The molecule has 36 heavy (non-hydrogen) atoms. The fourth-order valence-corrected chi connectivity index (χ4v) is 5.31. The van der Waals surface area contributed by atoms with E-state index >= 15 is 0 Å². The van der Waals surface area contributed by atoms with Gasteiger partial charge < -0.3 is 15.4 Å². The van der Waals surface area contributed by atoms with E-state index in [1.165, 1.54) is 17.0 Å². The Labute approximate surface area is 210 Å². The lowest BCUT2D eigenvalue weighted by molar-refractivity contribution is -0.137. The van der Waals surface area contributed by atoms with Crippen LogP contribution < -0.4 is 10.6 Å². The fourth-order valence-electron chi connectivity index (χ4n) is 4.11. The van der Waals surface area contributed by atoms with Gasteiger partial charge in [-0.05, 0) is 48.4 Å². The van der Waals surface area contributed by atoms with Gasteiger partial charge in [0.15, 0.2) is 0 Å². The van der Waals surface area contributed by atoms with Crippen LogP contribution in [0.3, 0.4) is 0 Å². The van der Waals surface area contributed by atoms with Crippen LogP contribution in [0.25, 0.3) is 15.9 Å². The van der Waals surface area contributed by atoms with Gasteiger partial charge in [0.25, 0.3) is 0 Å². The standard InChI is InChI=1S/C26H24F3N5OS/c27-26(28,29)17-7-5-16(6-8-17)13-34-25(35)20-4-2-12-31-24(20)32-14-18-9-10-22(36-18)21-15-33-23-19(21)3-1-11-30-23/h1-8,10-12,15,18,25,34-35H,9,13-14H2,(H,30,33)(H,31,32). The Morgan fingerprint density at radius 2 is 1.86 bits per heavy atom. The Morgan fingerprint density at radius 1 is 1.08 bits per heavy atom. The van der Waals surface area contributed by atoms with Crippen molar-refractivity contribution in [2.75, 3.05) is 11.9 Å². The average Bonchev–Trinajstić information content (AvgIpc) is 3.53. The summed E-state index contributed by atoms with van der Waals surface area (Å²) < 4.78 is 38.3. The van der Waals surface area contributed by atoms with Crippen LogP contribution >= 0.6 is 11.8 Å². The van der Waals surface area contributed by atoms with Crippen molar-refractivity contribution >= 4 is 33.5 Å². The molecular formula is C26H24F3N5OS. The van der Waals surface area contributed by atoms with Gasteiger partial charge in [0.05, 0.1) is 5.56 Å². The number of pyridine rings is 2. The van der Waals surface area contributed by atoms with Crippen LogP contribution in [0.15, 0.2) is 73.2 Å². The van der Waals surface area contributed by atoms with E-state index in [4.69, 9.17) is 0 Å². The minimum absolute atomic E-state index is 0.207. The van der Waals surface area contributed by atoms with Crippen LogP contribution in [0.2, 0.25) is 0 Å². The molecule has 0 radical (unpaired) electrons. The summed E-state index contributed by atoms with van der Waals surface area (Å²) in [5.74, 6) is 0.565. The van der Waals surface area contributed by atoms with Crippen molar-refractivity contribution in [1.82, 2.24) is 20.3 Å². The molecule has 0 saturated heterocycles. The second-order valence-corrected chi connectivity index (χ2v) is 9.79. The summed E-state index contributed by atoms with van der Waals surface area (Å²) in [5.41, 5.74) is 2.52. The normalized spacial score (nSPS) is 16.8. The van der Waals surface area contributed by atoms with Crippen molar-refractivity contribution in [3.05, 3.63) is 95.5 Å². The Morgan fingerprint density at radius 3 is 2.67 bits per heavy atom. The molecule has 0 bridgehead atoms. The zero-order chi connectivity index (χ0) is 25.1. The first-order valence-corrected chi connectivity index (χ1v) is 12.3. The molecule has 1 aliphatic rings. The van der Waals surface area contributed by atoms with Gasteiger partial charge in [-0.3, -0.25) is 5.32 Å². The maximum atomic E-state index is 12.8. The van der Waals surface area contributed by atoms with Crippen molar-refractivity contribution in [2.45, 2.75) is 30.6 Å². The van der Waals surface area contributed by atoms with Crippen LogP contribution in [0, 0.1) is 0 Å². The van der Waals surface area contributed by atoms with Gasteiger partial charge in [-0.2, -0.15) is 13.2 Å². The summed E-state index contributed by atoms with van der Waals surface area (Å²) in [6.07, 6.45) is 3.13. The predicted octanol–water partition coefficient (Wildman–Crippen LogP) is 5.72. The highest BCUT2D eigenvalue weighted by Crippen LogP contribution is 2.41. The van der Waals surface area contributed by atoms with Gasteiger partial charge >= 0.3 is 6.18 Å². The molecule has 0 saturated carbocycles. The first kappa shape index (κ1) is 24.4. The number of hydrogen-bond acceptors (Lipinski definition) is 6. The molecule has 0 fully saturated rings. The lowest BCUT2D eigenvalue weighted by Crippen LogP contribution is -2.23. The number of anilines is 1. The largest absolute Gasteiger partial charge is 0.416 e. The molecule has 4 N–H and O–H groups in total. The Balaban J connectivity index is 1.17. The molecule has 2 atom stereocenters. The molecule has 5 rings (SSSR count). The summed E-state index contributed by atoms with van der Waals surface area (Å²) in [4.78, 5) is 13.2. The van der Waals surface area contributed by atoms with Crippen LogP contribution in [0.1, 0.15) is 34.9 Å². The van der Waals surface area contributed by atoms with E-state index in [1.54, 1.807) is 36.3 Å². The van der Waals surface area contributed by atoms with E-state index < -0.39 is 18.0 Å². The predicted molar refractivity (Wildman–Crippen MR) is 136 cm³/mol. The summed E-state index contributed by atoms with van der Waals surface area (Å²) in [7, 11) is 0. The lowest BCUT2D eigenvalue weighted by Gasteiger charge is -2.19. The highest BCUT2D eigenvalue weighted by atomic mass is 32.2. The minimum Gasteiger partial charge on any atom is -0.374 e. The third kappa shape index (κ3) is 5.40. The molecule has 4 heterocycles. The Hall–Kier alpha value is -3.34. The maximum Gasteiger partial charge on any atom is 0.416 e. The number of allylic oxidation sites excluding steroid dienone is 1. The number of rotatable bonds is 8. The number of aliphatic hydroxyl groups excluding tert-OH is 1. The van der Waals surface area contributed by atoms with E-state index in [9.17, 15) is 18.3 Å². The molecule has 4 aromatic rings. The maximum absolute atomic E-state index is 12.8. The van der Waals surface area contributed by atoms with Gasteiger partial charge in [-0.25, -0.2) is 9.97 Å². The Kier molecular flexibility index (Phi) is 6.99. The summed E-state index contributed by atoms with van der Waals surface area (Å²) >= 11 is 1.79. The summed E-state index contributed by atoms with van der Waals surface area (Å²) in [5, 5.41) is 18.4. The van der Waals surface area contributed by atoms with Crippen molar-refractivity contribution < 1.29 is 18.3 Å². The average molecular weight is 512 g/mol. The number of hydrogen-bond donors (Lipinski definition) is 4. The smallest absolute Gasteiger partial charge is 0.374 e. The third-order valence-corrected chi connectivity index (χ3v) is 7.32. The molecule has 1 aliphatic heterocycles. The molecule has 3 aromatic heterocycles. The van der Waals surface area contributed by atoms with E-state index in [2.05, 4.69) is 37.7 Å². The molecule has 0 aliphatic carbocycles. The van der Waals surface area contributed by atoms with Crippen molar-refractivity contribution in [3.8, 4) is 0 Å². The number of H-pyrrole nitrogens is 1. The van der Waals surface area contributed by atoms with Gasteiger partial charge in [-0.15, -0.1) is 11.8 Å². The Bertz CT molecular complexity index is 1370. The number of benzene rings is 1. The summed E-state index contributed by atoms with van der Waals surface area (Å²) in [6, 6.07) is 12.4. The molecule has 0 spiro atoms.